The monoisotopic (exact) mass is 530 g/mol. The quantitative estimate of drug-likeness (QED) is 0.364. The summed E-state index contributed by atoms with van der Waals surface area (Å²) in [5, 5.41) is 8.96. The summed E-state index contributed by atoms with van der Waals surface area (Å²) < 4.78 is 47.7. The van der Waals surface area contributed by atoms with E-state index in [2.05, 4.69) is 11.5 Å². The first-order valence-electron chi connectivity index (χ1n) is 12.2. The molecule has 2 saturated heterocycles. The summed E-state index contributed by atoms with van der Waals surface area (Å²) in [6.45, 7) is 1.28. The predicted octanol–water partition coefficient (Wildman–Crippen LogP) is 2.91. The fourth-order valence-electron chi connectivity index (χ4n) is 4.25. The number of benzene rings is 2. The van der Waals surface area contributed by atoms with E-state index in [4.69, 9.17) is 29.0 Å². The number of hydrogen-bond acceptors (Lipinski definition) is 9. The van der Waals surface area contributed by atoms with Gasteiger partial charge in [-0.3, -0.25) is 4.79 Å². The molecule has 37 heavy (non-hydrogen) atoms. The van der Waals surface area contributed by atoms with E-state index in [1.54, 1.807) is 36.4 Å². The van der Waals surface area contributed by atoms with Gasteiger partial charge >= 0.3 is 0 Å². The van der Waals surface area contributed by atoms with Gasteiger partial charge in [0.05, 0.1) is 16.5 Å². The van der Waals surface area contributed by atoms with Crippen LogP contribution in [0.1, 0.15) is 37.7 Å². The minimum atomic E-state index is -4.08. The molecule has 4 rings (SSSR count). The highest BCUT2D eigenvalue weighted by Crippen LogP contribution is 2.36. The Balaban J connectivity index is 1.38. The Labute approximate surface area is 216 Å². The zero-order valence-electron chi connectivity index (χ0n) is 20.4. The van der Waals surface area contributed by atoms with Gasteiger partial charge < -0.3 is 18.9 Å². The maximum Gasteiger partial charge on any atom is 0.265 e. The van der Waals surface area contributed by atoms with Crippen molar-refractivity contribution in [2.75, 3.05) is 33.0 Å². The molecule has 2 aliphatic rings. The topological polar surface area (TPSA) is 133 Å². The van der Waals surface area contributed by atoms with Crippen molar-refractivity contribution in [3.8, 4) is 17.6 Å². The van der Waals surface area contributed by atoms with Crippen LogP contribution in [0.4, 0.5) is 0 Å². The van der Waals surface area contributed by atoms with Crippen LogP contribution in [-0.2, 0) is 28.9 Å². The molecule has 0 saturated carbocycles. The first kappa shape index (κ1) is 26.9. The fourth-order valence-corrected chi connectivity index (χ4v) is 6.19. The Bertz CT molecular complexity index is 1200. The zero-order chi connectivity index (χ0) is 26.1. The first-order chi connectivity index (χ1) is 17.9. The number of nitrogens with one attached hydrogen (secondary N) is 1. The number of ether oxygens (including phenoxy) is 4. The van der Waals surface area contributed by atoms with Crippen LogP contribution in [0.2, 0.25) is 0 Å². The molecule has 0 radical (unpaired) electrons. The van der Waals surface area contributed by atoms with E-state index >= 15 is 0 Å². The number of rotatable bonds is 10. The van der Waals surface area contributed by atoms with Gasteiger partial charge in [0, 0.05) is 26.2 Å². The van der Waals surface area contributed by atoms with Gasteiger partial charge in [-0.05, 0) is 68.1 Å². The van der Waals surface area contributed by atoms with Crippen LogP contribution in [0.25, 0.3) is 0 Å². The summed E-state index contributed by atoms with van der Waals surface area (Å²) in [5.41, 5.74) is 2.85. The lowest BCUT2D eigenvalue weighted by Gasteiger charge is -2.35. The average molecular weight is 531 g/mol. The molecule has 2 fully saturated rings. The molecule has 10 nitrogen and oxygen atoms in total. The second-order valence-electron chi connectivity index (χ2n) is 8.76. The molecule has 1 amide bonds. The van der Waals surface area contributed by atoms with Crippen molar-refractivity contribution in [2.45, 2.75) is 48.0 Å². The maximum atomic E-state index is 13.7. The summed E-state index contributed by atoms with van der Waals surface area (Å²) in [6, 6.07) is 14.8. The second-order valence-corrected chi connectivity index (χ2v) is 11.0. The van der Waals surface area contributed by atoms with Crippen LogP contribution in [0.3, 0.4) is 0 Å². The van der Waals surface area contributed by atoms with Crippen molar-refractivity contribution in [3.05, 3.63) is 54.1 Å². The Morgan fingerprint density at radius 3 is 2.43 bits per heavy atom. The normalized spacial score (nSPS) is 19.4. The summed E-state index contributed by atoms with van der Waals surface area (Å²) in [6.07, 6.45) is 1.89. The molecule has 2 aliphatic heterocycles. The van der Waals surface area contributed by atoms with Crippen LogP contribution in [0, 0.1) is 11.3 Å². The lowest BCUT2D eigenvalue weighted by Crippen LogP contribution is -2.56. The SMILES string of the molecule is N#Cc1cccc(OCCOc2ccc(S(=O)(=O)C3(C(=O)NOC4CCCCO4)CCOCC3)cc2)c1. The third kappa shape index (κ3) is 6.40. The summed E-state index contributed by atoms with van der Waals surface area (Å²) in [7, 11) is -4.08. The van der Waals surface area contributed by atoms with Crippen molar-refractivity contribution in [3.63, 3.8) is 0 Å². The van der Waals surface area contributed by atoms with Gasteiger partial charge in [0.1, 0.15) is 24.7 Å². The smallest absolute Gasteiger partial charge is 0.265 e. The molecule has 198 valence electrons. The van der Waals surface area contributed by atoms with Gasteiger partial charge in [-0.15, -0.1) is 0 Å². The van der Waals surface area contributed by atoms with Crippen LogP contribution in [0.15, 0.2) is 53.4 Å². The molecular formula is C26H30N2O8S. The third-order valence-corrected chi connectivity index (χ3v) is 8.88. The van der Waals surface area contributed by atoms with Crippen molar-refractivity contribution >= 4 is 15.7 Å². The van der Waals surface area contributed by atoms with E-state index in [0.717, 1.165) is 12.8 Å². The lowest BCUT2D eigenvalue weighted by molar-refractivity contribution is -0.202. The number of carbonyl (C=O) groups is 1. The summed E-state index contributed by atoms with van der Waals surface area (Å²) in [4.78, 5) is 18.6. The molecular weight excluding hydrogens is 500 g/mol. The highest BCUT2D eigenvalue weighted by atomic mass is 32.2. The minimum Gasteiger partial charge on any atom is -0.490 e. The molecule has 0 aromatic heterocycles. The Morgan fingerprint density at radius 2 is 1.76 bits per heavy atom. The highest BCUT2D eigenvalue weighted by molar-refractivity contribution is 7.93. The van der Waals surface area contributed by atoms with Crippen molar-refractivity contribution in [1.82, 2.24) is 5.48 Å². The molecule has 2 aromatic rings. The van der Waals surface area contributed by atoms with Gasteiger partial charge in [-0.2, -0.15) is 5.26 Å². The maximum absolute atomic E-state index is 13.7. The molecule has 2 heterocycles. The van der Waals surface area contributed by atoms with E-state index in [1.807, 2.05) is 0 Å². The van der Waals surface area contributed by atoms with Crippen LogP contribution in [0.5, 0.6) is 11.5 Å². The molecule has 0 bridgehead atoms. The number of nitriles is 1. The van der Waals surface area contributed by atoms with Crippen LogP contribution in [-0.4, -0.2) is 58.4 Å². The number of hydrogen-bond donors (Lipinski definition) is 1. The third-order valence-electron chi connectivity index (χ3n) is 6.37. The predicted molar refractivity (Wildman–Crippen MR) is 131 cm³/mol. The molecule has 11 heteroatoms. The number of amides is 1. The molecule has 0 spiro atoms. The lowest BCUT2D eigenvalue weighted by atomic mass is 9.98. The van der Waals surface area contributed by atoms with Gasteiger partial charge in [0.2, 0.25) is 0 Å². The van der Waals surface area contributed by atoms with Crippen molar-refractivity contribution in [1.29, 1.82) is 5.26 Å². The van der Waals surface area contributed by atoms with Crippen molar-refractivity contribution < 1.29 is 37.0 Å². The van der Waals surface area contributed by atoms with E-state index in [0.29, 0.717) is 30.1 Å². The Morgan fingerprint density at radius 1 is 1.03 bits per heavy atom. The van der Waals surface area contributed by atoms with E-state index in [1.165, 1.54) is 12.1 Å². The highest BCUT2D eigenvalue weighted by Gasteiger charge is 2.52. The van der Waals surface area contributed by atoms with Gasteiger partial charge in [-0.1, -0.05) is 6.07 Å². The Hall–Kier alpha value is -3.17. The largest absolute Gasteiger partial charge is 0.490 e. The second kappa shape index (κ2) is 12.4. The molecule has 1 N–H and O–H groups in total. The zero-order valence-corrected chi connectivity index (χ0v) is 21.2. The summed E-state index contributed by atoms with van der Waals surface area (Å²) >= 11 is 0. The van der Waals surface area contributed by atoms with Crippen molar-refractivity contribution in [2.24, 2.45) is 0 Å². The van der Waals surface area contributed by atoms with Gasteiger partial charge in [-0.25, -0.2) is 18.7 Å². The number of hydroxylamine groups is 1. The van der Waals surface area contributed by atoms with E-state index in [9.17, 15) is 13.2 Å². The molecule has 1 unspecified atom stereocenters. The number of sulfone groups is 1. The molecule has 1 atom stereocenters. The summed E-state index contributed by atoms with van der Waals surface area (Å²) in [5.74, 6) is 0.294. The van der Waals surface area contributed by atoms with Gasteiger partial charge in [0.15, 0.2) is 20.9 Å². The van der Waals surface area contributed by atoms with Gasteiger partial charge in [0.25, 0.3) is 5.91 Å². The standard InChI is InChI=1S/C26H30N2O8S/c27-19-20-4-3-5-22(18-20)34-17-16-33-21-7-9-23(10-8-21)37(30,31)26(11-14-32-15-12-26)25(29)28-36-24-6-1-2-13-35-24/h3-5,7-10,18,24H,1-2,6,11-17H2,(H,28,29). The van der Waals surface area contributed by atoms with Crippen LogP contribution < -0.4 is 15.0 Å². The minimum absolute atomic E-state index is 0.00962. The fraction of sp³-hybridized carbons (Fsp3) is 0.462. The number of nitrogens with zero attached hydrogens (tertiary/aromatic N) is 1. The van der Waals surface area contributed by atoms with E-state index < -0.39 is 26.8 Å². The first-order valence-corrected chi connectivity index (χ1v) is 13.7. The van der Waals surface area contributed by atoms with E-state index in [-0.39, 0.29) is 44.2 Å². The molecule has 0 aliphatic carbocycles. The molecule has 2 aromatic carbocycles. The number of carbonyl (C=O) groups excluding carboxylic acids is 1. The van der Waals surface area contributed by atoms with Crippen LogP contribution >= 0.6 is 0 Å². The average Bonchev–Trinajstić information content (AvgIpc) is 2.95. The Kier molecular flexibility index (Phi) is 9.00.